The van der Waals surface area contributed by atoms with Gasteiger partial charge in [-0.2, -0.15) is 0 Å². The van der Waals surface area contributed by atoms with Gasteiger partial charge in [0.15, 0.2) is 5.78 Å². The van der Waals surface area contributed by atoms with Gasteiger partial charge in [-0.1, -0.05) is 11.6 Å². The van der Waals surface area contributed by atoms with E-state index in [4.69, 9.17) is 4.74 Å². The lowest BCUT2D eigenvalue weighted by Crippen LogP contribution is -2.37. The van der Waals surface area contributed by atoms with Crippen molar-refractivity contribution in [2.45, 2.75) is 19.8 Å². The van der Waals surface area contributed by atoms with E-state index in [1.54, 1.807) is 7.11 Å². The minimum Gasteiger partial charge on any atom is -0.496 e. The van der Waals surface area contributed by atoms with Gasteiger partial charge in [-0.15, -0.1) is 0 Å². The Labute approximate surface area is 113 Å². The number of benzene rings is 1. The van der Waals surface area contributed by atoms with Crippen LogP contribution in [0.5, 0.6) is 5.75 Å². The summed E-state index contributed by atoms with van der Waals surface area (Å²) in [5.41, 5.74) is 1.66. The standard InChI is InChI=1S/C15H19NO3/c1-11-3-4-15(19-2)13(9-11)14(18)10-16-7-5-12(17)6-8-16/h3-4,9H,5-8,10H2,1-2H3. The highest BCUT2D eigenvalue weighted by Gasteiger charge is 2.20. The minimum atomic E-state index is 0.0508. The van der Waals surface area contributed by atoms with Crippen molar-refractivity contribution in [3.63, 3.8) is 0 Å². The first kappa shape index (κ1) is 13.7. The molecule has 0 aromatic heterocycles. The van der Waals surface area contributed by atoms with E-state index in [1.807, 2.05) is 30.0 Å². The van der Waals surface area contributed by atoms with Gasteiger partial charge in [-0.05, 0) is 19.1 Å². The van der Waals surface area contributed by atoms with Crippen LogP contribution in [0.15, 0.2) is 18.2 Å². The molecule has 0 bridgehead atoms. The fraction of sp³-hybridized carbons (Fsp3) is 0.467. The number of hydrogen-bond donors (Lipinski definition) is 0. The summed E-state index contributed by atoms with van der Waals surface area (Å²) in [6.07, 6.45) is 1.11. The summed E-state index contributed by atoms with van der Waals surface area (Å²) in [5, 5.41) is 0. The number of aryl methyl sites for hydroxylation is 1. The fourth-order valence-corrected chi connectivity index (χ4v) is 2.29. The van der Waals surface area contributed by atoms with Gasteiger partial charge in [0.1, 0.15) is 11.5 Å². The molecule has 2 rings (SSSR count). The topological polar surface area (TPSA) is 46.6 Å². The van der Waals surface area contributed by atoms with Gasteiger partial charge in [0.05, 0.1) is 19.2 Å². The third kappa shape index (κ3) is 3.41. The highest BCUT2D eigenvalue weighted by Crippen LogP contribution is 2.21. The Kier molecular flexibility index (Phi) is 4.32. The number of carbonyl (C=O) groups excluding carboxylic acids is 2. The molecule has 0 atom stereocenters. The molecule has 1 saturated heterocycles. The number of nitrogens with zero attached hydrogens (tertiary/aromatic N) is 1. The molecule has 0 N–H and O–H groups in total. The summed E-state index contributed by atoms with van der Waals surface area (Å²) >= 11 is 0. The number of hydrogen-bond acceptors (Lipinski definition) is 4. The van der Waals surface area contributed by atoms with Crippen molar-refractivity contribution >= 4 is 11.6 Å². The van der Waals surface area contributed by atoms with Crippen molar-refractivity contribution in [2.24, 2.45) is 0 Å². The maximum absolute atomic E-state index is 12.3. The monoisotopic (exact) mass is 261 g/mol. The number of carbonyl (C=O) groups is 2. The minimum absolute atomic E-state index is 0.0508. The second kappa shape index (κ2) is 5.97. The predicted molar refractivity (Wildman–Crippen MR) is 72.7 cm³/mol. The Morgan fingerprint density at radius 2 is 2.00 bits per heavy atom. The summed E-state index contributed by atoms with van der Waals surface area (Å²) < 4.78 is 5.23. The van der Waals surface area contributed by atoms with E-state index < -0.39 is 0 Å². The highest BCUT2D eigenvalue weighted by molar-refractivity contribution is 6.00. The predicted octanol–water partition coefficient (Wildman–Crippen LogP) is 1.85. The van der Waals surface area contributed by atoms with Gasteiger partial charge in [-0.25, -0.2) is 0 Å². The van der Waals surface area contributed by atoms with Crippen LogP contribution in [-0.4, -0.2) is 43.2 Å². The summed E-state index contributed by atoms with van der Waals surface area (Å²) in [4.78, 5) is 25.5. The lowest BCUT2D eigenvalue weighted by molar-refractivity contribution is -0.121. The van der Waals surface area contributed by atoms with E-state index in [2.05, 4.69) is 0 Å². The van der Waals surface area contributed by atoms with Gasteiger partial charge >= 0.3 is 0 Å². The molecule has 4 heteroatoms. The zero-order valence-corrected chi connectivity index (χ0v) is 11.4. The molecule has 0 unspecified atom stereocenters. The molecule has 0 aliphatic carbocycles. The largest absolute Gasteiger partial charge is 0.496 e. The number of likely N-dealkylation sites (tertiary alicyclic amines) is 1. The molecule has 0 saturated carbocycles. The first-order chi connectivity index (χ1) is 9.10. The summed E-state index contributed by atoms with van der Waals surface area (Å²) in [6.45, 7) is 3.67. The van der Waals surface area contributed by atoms with Gasteiger partial charge in [0.2, 0.25) is 0 Å². The smallest absolute Gasteiger partial charge is 0.180 e. The van der Waals surface area contributed by atoms with Crippen LogP contribution in [0.2, 0.25) is 0 Å². The molecule has 1 aliphatic rings. The van der Waals surface area contributed by atoms with Crippen molar-refractivity contribution in [2.75, 3.05) is 26.7 Å². The van der Waals surface area contributed by atoms with Gasteiger partial charge in [0.25, 0.3) is 0 Å². The SMILES string of the molecule is COc1ccc(C)cc1C(=O)CN1CCC(=O)CC1. The van der Waals surface area contributed by atoms with Gasteiger partial charge in [0, 0.05) is 25.9 Å². The van der Waals surface area contributed by atoms with Crippen LogP contribution in [0.1, 0.15) is 28.8 Å². The summed E-state index contributed by atoms with van der Waals surface area (Å²) in [7, 11) is 1.57. The van der Waals surface area contributed by atoms with Crippen LogP contribution < -0.4 is 4.74 Å². The molecular formula is C15H19NO3. The van der Waals surface area contributed by atoms with E-state index in [0.29, 0.717) is 43.8 Å². The average molecular weight is 261 g/mol. The molecule has 1 aliphatic heterocycles. The van der Waals surface area contributed by atoms with E-state index in [0.717, 1.165) is 5.56 Å². The molecule has 4 nitrogen and oxygen atoms in total. The van der Waals surface area contributed by atoms with Gasteiger partial charge < -0.3 is 4.74 Å². The fourth-order valence-electron chi connectivity index (χ4n) is 2.29. The second-order valence-electron chi connectivity index (χ2n) is 4.94. The molecular weight excluding hydrogens is 242 g/mol. The Morgan fingerprint density at radius 3 is 2.63 bits per heavy atom. The number of methoxy groups -OCH3 is 1. The normalized spacial score (nSPS) is 16.4. The van der Waals surface area contributed by atoms with E-state index in [1.165, 1.54) is 0 Å². The molecule has 0 amide bonds. The first-order valence-corrected chi connectivity index (χ1v) is 6.52. The number of Topliss-reactive ketones (excluding diaryl/α,β-unsaturated/α-hetero) is 2. The maximum atomic E-state index is 12.3. The molecule has 19 heavy (non-hydrogen) atoms. The van der Waals surface area contributed by atoms with Crippen LogP contribution in [0, 0.1) is 6.92 Å². The van der Waals surface area contributed by atoms with Gasteiger partial charge in [-0.3, -0.25) is 14.5 Å². The average Bonchev–Trinajstić information content (AvgIpc) is 2.41. The van der Waals surface area contributed by atoms with Crippen molar-refractivity contribution in [1.82, 2.24) is 4.90 Å². The Balaban J connectivity index is 2.07. The summed E-state index contributed by atoms with van der Waals surface area (Å²) in [5.74, 6) is 0.954. The number of ether oxygens (including phenoxy) is 1. The van der Waals surface area contributed by atoms with Crippen LogP contribution in [0.25, 0.3) is 0 Å². The zero-order chi connectivity index (χ0) is 13.8. The van der Waals surface area contributed by atoms with Crippen LogP contribution >= 0.6 is 0 Å². The quantitative estimate of drug-likeness (QED) is 0.776. The molecule has 1 fully saturated rings. The first-order valence-electron chi connectivity index (χ1n) is 6.52. The molecule has 1 heterocycles. The highest BCUT2D eigenvalue weighted by atomic mass is 16.5. The molecule has 102 valence electrons. The number of rotatable bonds is 4. The van der Waals surface area contributed by atoms with Crippen molar-refractivity contribution in [3.05, 3.63) is 29.3 Å². The molecule has 0 radical (unpaired) electrons. The maximum Gasteiger partial charge on any atom is 0.180 e. The molecule has 1 aromatic rings. The lowest BCUT2D eigenvalue weighted by Gasteiger charge is -2.25. The Morgan fingerprint density at radius 1 is 1.32 bits per heavy atom. The third-order valence-electron chi connectivity index (χ3n) is 3.44. The van der Waals surface area contributed by atoms with Crippen LogP contribution in [0.3, 0.4) is 0 Å². The lowest BCUT2D eigenvalue weighted by atomic mass is 10.0. The molecule has 1 aromatic carbocycles. The molecule has 0 spiro atoms. The van der Waals surface area contributed by atoms with Crippen LogP contribution in [-0.2, 0) is 4.79 Å². The Hall–Kier alpha value is -1.68. The summed E-state index contributed by atoms with van der Waals surface area (Å²) in [6, 6.07) is 5.60. The van der Waals surface area contributed by atoms with E-state index in [9.17, 15) is 9.59 Å². The zero-order valence-electron chi connectivity index (χ0n) is 11.4. The second-order valence-corrected chi connectivity index (χ2v) is 4.94. The van der Waals surface area contributed by atoms with Crippen molar-refractivity contribution in [3.8, 4) is 5.75 Å². The van der Waals surface area contributed by atoms with E-state index in [-0.39, 0.29) is 11.6 Å². The number of ketones is 2. The van der Waals surface area contributed by atoms with Crippen LogP contribution in [0.4, 0.5) is 0 Å². The van der Waals surface area contributed by atoms with Crippen molar-refractivity contribution in [1.29, 1.82) is 0 Å². The third-order valence-corrected chi connectivity index (χ3v) is 3.44. The Bertz CT molecular complexity index is 486. The van der Waals surface area contributed by atoms with Crippen molar-refractivity contribution < 1.29 is 14.3 Å². The van der Waals surface area contributed by atoms with E-state index >= 15 is 0 Å². The number of piperidine rings is 1.